The lowest BCUT2D eigenvalue weighted by molar-refractivity contribution is -0.130. The summed E-state index contributed by atoms with van der Waals surface area (Å²) >= 11 is 12.0. The molecule has 0 unspecified atom stereocenters. The zero-order valence-corrected chi connectivity index (χ0v) is 13.0. The second-order valence-electron chi connectivity index (χ2n) is 4.39. The van der Waals surface area contributed by atoms with E-state index in [1.807, 2.05) is 0 Å². The highest BCUT2D eigenvalue weighted by Crippen LogP contribution is 2.35. The standard InChI is InChI=1S/C13H13Cl2N3O3/c1-18-11(19)4-3-10(17-18)13(20)16-7-5-8(14)12(21-2)9(15)6-7/h5-6H,3-4H2,1-2H3,(H,16,20). The van der Waals surface area contributed by atoms with Crippen LogP contribution < -0.4 is 10.1 Å². The van der Waals surface area contributed by atoms with E-state index >= 15 is 0 Å². The zero-order valence-electron chi connectivity index (χ0n) is 11.4. The molecule has 0 saturated carbocycles. The van der Waals surface area contributed by atoms with Crippen molar-refractivity contribution in [3.05, 3.63) is 22.2 Å². The second kappa shape index (κ2) is 6.32. The van der Waals surface area contributed by atoms with E-state index in [1.165, 1.54) is 26.3 Å². The van der Waals surface area contributed by atoms with Gasteiger partial charge in [-0.05, 0) is 12.1 Å². The first-order valence-corrected chi connectivity index (χ1v) is 6.86. The van der Waals surface area contributed by atoms with Crippen LogP contribution in [-0.2, 0) is 9.59 Å². The minimum Gasteiger partial charge on any atom is -0.494 e. The maximum absolute atomic E-state index is 12.1. The van der Waals surface area contributed by atoms with E-state index in [4.69, 9.17) is 27.9 Å². The molecule has 0 radical (unpaired) electrons. The molecular formula is C13H13Cl2N3O3. The molecule has 6 nitrogen and oxygen atoms in total. The van der Waals surface area contributed by atoms with Crippen molar-refractivity contribution in [1.82, 2.24) is 5.01 Å². The summed E-state index contributed by atoms with van der Waals surface area (Å²) in [5.41, 5.74) is 0.707. The fraction of sp³-hybridized carbons (Fsp3) is 0.308. The van der Waals surface area contributed by atoms with Crippen LogP contribution in [0.1, 0.15) is 12.8 Å². The predicted octanol–water partition coefficient (Wildman–Crippen LogP) is 2.55. The number of carbonyl (C=O) groups excluding carboxylic acids is 2. The molecule has 0 fully saturated rings. The average molecular weight is 330 g/mol. The molecule has 0 atom stereocenters. The van der Waals surface area contributed by atoms with Gasteiger partial charge in [0.2, 0.25) is 5.91 Å². The molecule has 1 aromatic rings. The molecule has 1 heterocycles. The SMILES string of the molecule is COc1c(Cl)cc(NC(=O)C2=NN(C)C(=O)CC2)cc1Cl. The van der Waals surface area contributed by atoms with Crippen molar-refractivity contribution in [2.75, 3.05) is 19.5 Å². The third-order valence-electron chi connectivity index (χ3n) is 2.93. The van der Waals surface area contributed by atoms with E-state index in [-0.39, 0.29) is 28.1 Å². The number of hydrogen-bond donors (Lipinski definition) is 1. The molecular weight excluding hydrogens is 317 g/mol. The number of carbonyl (C=O) groups is 2. The first kappa shape index (κ1) is 15.6. The van der Waals surface area contributed by atoms with Gasteiger partial charge < -0.3 is 10.1 Å². The van der Waals surface area contributed by atoms with Crippen LogP contribution in [0.5, 0.6) is 5.75 Å². The van der Waals surface area contributed by atoms with E-state index in [2.05, 4.69) is 10.4 Å². The van der Waals surface area contributed by atoms with Gasteiger partial charge in [-0.2, -0.15) is 5.10 Å². The first-order chi connectivity index (χ1) is 9.92. The van der Waals surface area contributed by atoms with E-state index in [9.17, 15) is 9.59 Å². The smallest absolute Gasteiger partial charge is 0.271 e. The third kappa shape index (κ3) is 3.46. The summed E-state index contributed by atoms with van der Waals surface area (Å²) in [5.74, 6) is -0.176. The van der Waals surface area contributed by atoms with Crippen LogP contribution in [0.15, 0.2) is 17.2 Å². The van der Waals surface area contributed by atoms with Gasteiger partial charge >= 0.3 is 0 Å². The summed E-state index contributed by atoms with van der Waals surface area (Å²) in [6.45, 7) is 0. The van der Waals surface area contributed by atoms with Crippen molar-refractivity contribution in [3.8, 4) is 5.75 Å². The Hall–Kier alpha value is -1.79. The highest BCUT2D eigenvalue weighted by Gasteiger charge is 2.22. The quantitative estimate of drug-likeness (QED) is 0.926. The highest BCUT2D eigenvalue weighted by molar-refractivity contribution is 6.44. The molecule has 8 heteroatoms. The lowest BCUT2D eigenvalue weighted by Gasteiger charge is -2.19. The fourth-order valence-electron chi connectivity index (χ4n) is 1.86. The Morgan fingerprint density at radius 2 is 1.95 bits per heavy atom. The molecule has 112 valence electrons. The van der Waals surface area contributed by atoms with Crippen LogP contribution in [-0.4, -0.2) is 36.7 Å². The number of amides is 2. The van der Waals surface area contributed by atoms with Gasteiger partial charge in [0.15, 0.2) is 5.75 Å². The monoisotopic (exact) mass is 329 g/mol. The van der Waals surface area contributed by atoms with E-state index in [1.54, 1.807) is 0 Å². The number of anilines is 1. The average Bonchev–Trinajstić information content (AvgIpc) is 2.41. The Balaban J connectivity index is 2.17. The van der Waals surface area contributed by atoms with Crippen LogP contribution in [0.3, 0.4) is 0 Å². The predicted molar refractivity (Wildman–Crippen MR) is 81.1 cm³/mol. The largest absolute Gasteiger partial charge is 0.494 e. The Kier molecular flexibility index (Phi) is 4.69. The van der Waals surface area contributed by atoms with Crippen molar-refractivity contribution in [2.24, 2.45) is 5.10 Å². The van der Waals surface area contributed by atoms with Gasteiger partial charge in [0, 0.05) is 25.6 Å². The van der Waals surface area contributed by atoms with E-state index in [0.29, 0.717) is 17.9 Å². The summed E-state index contributed by atoms with van der Waals surface area (Å²) in [5, 5.41) is 8.32. The van der Waals surface area contributed by atoms with Gasteiger partial charge in [-0.3, -0.25) is 9.59 Å². The number of hydrogen-bond acceptors (Lipinski definition) is 4. The maximum Gasteiger partial charge on any atom is 0.271 e. The van der Waals surface area contributed by atoms with Crippen LogP contribution in [0.2, 0.25) is 10.0 Å². The van der Waals surface area contributed by atoms with E-state index < -0.39 is 5.91 Å². The molecule has 2 amide bonds. The fourth-order valence-corrected chi connectivity index (χ4v) is 2.50. The Morgan fingerprint density at radius 3 is 2.48 bits per heavy atom. The van der Waals surface area contributed by atoms with Gasteiger partial charge in [-0.25, -0.2) is 5.01 Å². The molecule has 2 rings (SSSR count). The summed E-state index contributed by atoms with van der Waals surface area (Å²) in [7, 11) is 2.96. The number of nitrogens with zero attached hydrogens (tertiary/aromatic N) is 2. The number of nitrogens with one attached hydrogen (secondary N) is 1. The maximum atomic E-state index is 12.1. The van der Waals surface area contributed by atoms with Crippen molar-refractivity contribution in [1.29, 1.82) is 0 Å². The number of rotatable bonds is 3. The van der Waals surface area contributed by atoms with Crippen LogP contribution in [0, 0.1) is 0 Å². The summed E-state index contributed by atoms with van der Waals surface area (Å²) in [6, 6.07) is 3.06. The molecule has 1 aliphatic rings. The van der Waals surface area contributed by atoms with Gasteiger partial charge in [-0.1, -0.05) is 23.2 Å². The Morgan fingerprint density at radius 1 is 1.33 bits per heavy atom. The minimum absolute atomic E-state index is 0.123. The van der Waals surface area contributed by atoms with E-state index in [0.717, 1.165) is 5.01 Å². The number of hydrazone groups is 1. The molecule has 0 saturated heterocycles. The number of halogens is 2. The molecule has 21 heavy (non-hydrogen) atoms. The number of ether oxygens (including phenoxy) is 1. The number of benzene rings is 1. The molecule has 0 aromatic heterocycles. The highest BCUT2D eigenvalue weighted by atomic mass is 35.5. The summed E-state index contributed by atoms with van der Waals surface area (Å²) in [6.07, 6.45) is 0.555. The minimum atomic E-state index is -0.397. The molecule has 1 aromatic carbocycles. The first-order valence-electron chi connectivity index (χ1n) is 6.10. The molecule has 0 aliphatic carbocycles. The topological polar surface area (TPSA) is 71.0 Å². The molecule has 1 aliphatic heterocycles. The third-order valence-corrected chi connectivity index (χ3v) is 3.49. The normalized spacial score (nSPS) is 14.8. The summed E-state index contributed by atoms with van der Waals surface area (Å²) in [4.78, 5) is 23.4. The van der Waals surface area contributed by atoms with Gasteiger partial charge in [-0.15, -0.1) is 0 Å². The summed E-state index contributed by atoms with van der Waals surface area (Å²) < 4.78 is 5.03. The Labute approximate surface area is 131 Å². The van der Waals surface area contributed by atoms with Crippen molar-refractivity contribution in [2.45, 2.75) is 12.8 Å². The zero-order chi connectivity index (χ0) is 15.6. The van der Waals surface area contributed by atoms with Gasteiger partial charge in [0.1, 0.15) is 5.71 Å². The molecule has 0 spiro atoms. The lowest BCUT2D eigenvalue weighted by Crippen LogP contribution is -2.34. The second-order valence-corrected chi connectivity index (χ2v) is 5.21. The Bertz CT molecular complexity index is 608. The van der Waals surface area contributed by atoms with Gasteiger partial charge in [0.05, 0.1) is 17.2 Å². The molecule has 0 bridgehead atoms. The molecule has 1 N–H and O–H groups in total. The van der Waals surface area contributed by atoms with Crippen LogP contribution in [0.4, 0.5) is 5.69 Å². The van der Waals surface area contributed by atoms with Gasteiger partial charge in [0.25, 0.3) is 5.91 Å². The van der Waals surface area contributed by atoms with Crippen molar-refractivity contribution in [3.63, 3.8) is 0 Å². The van der Waals surface area contributed by atoms with Crippen molar-refractivity contribution < 1.29 is 14.3 Å². The van der Waals surface area contributed by atoms with Crippen molar-refractivity contribution >= 4 is 46.4 Å². The lowest BCUT2D eigenvalue weighted by atomic mass is 10.1. The number of methoxy groups -OCH3 is 1. The van der Waals surface area contributed by atoms with Crippen LogP contribution in [0.25, 0.3) is 0 Å². The van der Waals surface area contributed by atoms with Crippen LogP contribution >= 0.6 is 23.2 Å².